The molecule has 0 unspecified atom stereocenters. The number of thioether (sulfide) groups is 1. The summed E-state index contributed by atoms with van der Waals surface area (Å²) in [4.78, 5) is 27.8. The maximum atomic E-state index is 12.4. The average molecular weight is 409 g/mol. The fourth-order valence-corrected chi connectivity index (χ4v) is 3.71. The van der Waals surface area contributed by atoms with E-state index >= 15 is 0 Å². The molecule has 2 N–H and O–H groups in total. The van der Waals surface area contributed by atoms with Gasteiger partial charge in [-0.1, -0.05) is 43.8 Å². The van der Waals surface area contributed by atoms with Crippen LogP contribution in [0.15, 0.2) is 66.1 Å². The molecule has 150 valence electrons. The van der Waals surface area contributed by atoms with Gasteiger partial charge in [0.25, 0.3) is 0 Å². The molecule has 0 radical (unpaired) electrons. The minimum atomic E-state index is -0.132. The number of carbonyl (C=O) groups is 2. The first-order valence-corrected chi connectivity index (χ1v) is 10.4. The van der Waals surface area contributed by atoms with Gasteiger partial charge in [0, 0.05) is 30.7 Å². The molecule has 0 saturated heterocycles. The quantitative estimate of drug-likeness (QED) is 0.556. The summed E-state index contributed by atoms with van der Waals surface area (Å²) in [7, 11) is 0. The van der Waals surface area contributed by atoms with Gasteiger partial charge in [-0.2, -0.15) is 0 Å². The minimum Gasteiger partial charge on any atom is -0.326 e. The predicted octanol–water partition coefficient (Wildman–Crippen LogP) is 4.68. The van der Waals surface area contributed by atoms with Crippen molar-refractivity contribution in [2.24, 2.45) is 0 Å². The molecule has 1 heterocycles. The van der Waals surface area contributed by atoms with Gasteiger partial charge in [-0.05, 0) is 41.8 Å². The third kappa shape index (κ3) is 5.48. The summed E-state index contributed by atoms with van der Waals surface area (Å²) >= 11 is 1.39. The number of aromatic nitrogens is 2. The van der Waals surface area contributed by atoms with Crippen molar-refractivity contribution in [2.75, 3.05) is 16.4 Å². The van der Waals surface area contributed by atoms with Crippen molar-refractivity contribution < 1.29 is 9.59 Å². The van der Waals surface area contributed by atoms with Crippen LogP contribution < -0.4 is 10.6 Å². The van der Waals surface area contributed by atoms with Crippen molar-refractivity contribution in [1.29, 1.82) is 0 Å². The van der Waals surface area contributed by atoms with Gasteiger partial charge in [-0.25, -0.2) is 4.98 Å². The lowest BCUT2D eigenvalue weighted by atomic mass is 10.0. The van der Waals surface area contributed by atoms with Crippen LogP contribution in [0, 0.1) is 0 Å². The molecule has 2 aromatic carbocycles. The lowest BCUT2D eigenvalue weighted by Gasteiger charge is -2.15. The smallest absolute Gasteiger partial charge is 0.234 e. The van der Waals surface area contributed by atoms with Crippen molar-refractivity contribution in [3.05, 3.63) is 66.5 Å². The summed E-state index contributed by atoms with van der Waals surface area (Å²) in [6, 6.07) is 15.2. The van der Waals surface area contributed by atoms with E-state index in [2.05, 4.69) is 41.6 Å². The zero-order chi connectivity index (χ0) is 20.8. The van der Waals surface area contributed by atoms with E-state index in [-0.39, 0.29) is 17.6 Å². The molecule has 0 aliphatic carbocycles. The average Bonchev–Trinajstić information content (AvgIpc) is 3.16. The minimum absolute atomic E-state index is 0.117. The molecule has 3 aromatic rings. The van der Waals surface area contributed by atoms with Gasteiger partial charge >= 0.3 is 0 Å². The Morgan fingerprint density at radius 3 is 2.34 bits per heavy atom. The summed E-state index contributed by atoms with van der Waals surface area (Å²) in [6.45, 7) is 5.77. The second-order valence-electron chi connectivity index (χ2n) is 6.89. The Morgan fingerprint density at radius 2 is 1.69 bits per heavy atom. The van der Waals surface area contributed by atoms with Crippen LogP contribution in [0.2, 0.25) is 0 Å². The number of nitrogens with zero attached hydrogens (tertiary/aromatic N) is 2. The Labute approximate surface area is 174 Å². The van der Waals surface area contributed by atoms with Crippen LogP contribution in [0.5, 0.6) is 0 Å². The number of anilines is 2. The van der Waals surface area contributed by atoms with Gasteiger partial charge in [0.1, 0.15) is 0 Å². The van der Waals surface area contributed by atoms with Gasteiger partial charge in [0.15, 0.2) is 5.16 Å². The monoisotopic (exact) mass is 408 g/mol. The zero-order valence-electron chi connectivity index (χ0n) is 16.7. The fourth-order valence-electron chi connectivity index (χ4n) is 2.94. The summed E-state index contributed by atoms with van der Waals surface area (Å²) in [5, 5.41) is 6.33. The topological polar surface area (TPSA) is 76.0 Å². The van der Waals surface area contributed by atoms with Crippen molar-refractivity contribution in [1.82, 2.24) is 9.55 Å². The number of rotatable bonds is 7. The number of para-hydroxylation sites is 1. The molecule has 0 aliphatic heterocycles. The highest BCUT2D eigenvalue weighted by Gasteiger charge is 2.13. The first-order valence-electron chi connectivity index (χ1n) is 9.37. The van der Waals surface area contributed by atoms with Gasteiger partial charge in [-0.15, -0.1) is 0 Å². The molecule has 1 aromatic heterocycles. The van der Waals surface area contributed by atoms with Gasteiger partial charge in [-0.3, -0.25) is 14.2 Å². The molecule has 6 nitrogen and oxygen atoms in total. The number of amides is 2. The summed E-state index contributed by atoms with van der Waals surface area (Å²) in [6.07, 6.45) is 3.67. The number of imidazole rings is 1. The molecule has 0 atom stereocenters. The lowest BCUT2D eigenvalue weighted by molar-refractivity contribution is -0.114. The van der Waals surface area contributed by atoms with Crippen LogP contribution in [0.1, 0.15) is 32.3 Å². The van der Waals surface area contributed by atoms with Crippen molar-refractivity contribution in [3.63, 3.8) is 0 Å². The largest absolute Gasteiger partial charge is 0.326 e. The molecule has 0 saturated carbocycles. The third-order valence-corrected chi connectivity index (χ3v) is 5.21. The number of benzene rings is 2. The lowest BCUT2D eigenvalue weighted by Crippen LogP contribution is -2.14. The Hall–Kier alpha value is -3.06. The predicted molar refractivity (Wildman–Crippen MR) is 118 cm³/mol. The van der Waals surface area contributed by atoms with E-state index < -0.39 is 0 Å². The van der Waals surface area contributed by atoms with E-state index in [1.807, 2.05) is 22.9 Å². The second-order valence-corrected chi connectivity index (χ2v) is 7.83. The van der Waals surface area contributed by atoms with E-state index in [4.69, 9.17) is 0 Å². The van der Waals surface area contributed by atoms with Crippen LogP contribution in [0.4, 0.5) is 11.4 Å². The van der Waals surface area contributed by atoms with Crippen LogP contribution in [-0.2, 0) is 9.59 Å². The molecular formula is C22H24N4O2S. The van der Waals surface area contributed by atoms with Crippen LogP contribution in [0.3, 0.4) is 0 Å². The Morgan fingerprint density at radius 1 is 1.03 bits per heavy atom. The SMILES string of the molecule is CC(=O)Nc1ccc(NC(=O)CSc2nccn2-c2ccccc2C(C)C)cc1. The van der Waals surface area contributed by atoms with E-state index in [0.717, 1.165) is 10.8 Å². The molecule has 2 amide bonds. The van der Waals surface area contributed by atoms with E-state index in [9.17, 15) is 9.59 Å². The van der Waals surface area contributed by atoms with Crippen LogP contribution in [0.25, 0.3) is 5.69 Å². The van der Waals surface area contributed by atoms with Crippen LogP contribution >= 0.6 is 11.8 Å². The fraction of sp³-hybridized carbons (Fsp3) is 0.227. The highest BCUT2D eigenvalue weighted by molar-refractivity contribution is 7.99. The van der Waals surface area contributed by atoms with Crippen molar-refractivity contribution in [2.45, 2.75) is 31.8 Å². The summed E-state index contributed by atoms with van der Waals surface area (Å²) < 4.78 is 2.02. The normalized spacial score (nSPS) is 10.8. The molecule has 7 heteroatoms. The zero-order valence-corrected chi connectivity index (χ0v) is 17.5. The van der Waals surface area contributed by atoms with E-state index in [0.29, 0.717) is 17.3 Å². The van der Waals surface area contributed by atoms with Gasteiger partial charge < -0.3 is 10.6 Å². The number of hydrogen-bond donors (Lipinski definition) is 2. The molecular weight excluding hydrogens is 384 g/mol. The maximum Gasteiger partial charge on any atom is 0.234 e. The van der Waals surface area contributed by atoms with Gasteiger partial charge in [0.05, 0.1) is 11.4 Å². The maximum absolute atomic E-state index is 12.4. The number of carbonyl (C=O) groups excluding carboxylic acids is 2. The van der Waals surface area contributed by atoms with E-state index in [1.165, 1.54) is 24.2 Å². The first kappa shape index (κ1) is 20.7. The molecule has 0 spiro atoms. The Kier molecular flexibility index (Phi) is 6.72. The highest BCUT2D eigenvalue weighted by Crippen LogP contribution is 2.27. The van der Waals surface area contributed by atoms with Crippen molar-refractivity contribution >= 4 is 35.0 Å². The van der Waals surface area contributed by atoms with Crippen LogP contribution in [-0.4, -0.2) is 27.1 Å². The summed E-state index contributed by atoms with van der Waals surface area (Å²) in [5.74, 6) is 0.380. The molecule has 0 aliphatic rings. The van der Waals surface area contributed by atoms with Crippen molar-refractivity contribution in [3.8, 4) is 5.69 Å². The number of hydrogen-bond acceptors (Lipinski definition) is 4. The standard InChI is InChI=1S/C22H24N4O2S/c1-15(2)19-6-4-5-7-20(19)26-13-12-23-22(26)29-14-21(28)25-18-10-8-17(9-11-18)24-16(3)27/h4-13,15H,14H2,1-3H3,(H,24,27)(H,25,28). The van der Waals surface area contributed by atoms with Gasteiger partial charge in [0.2, 0.25) is 11.8 Å². The molecule has 3 rings (SSSR count). The summed E-state index contributed by atoms with van der Waals surface area (Å²) in [5.41, 5.74) is 3.68. The second kappa shape index (κ2) is 9.43. The first-order chi connectivity index (χ1) is 13.9. The highest BCUT2D eigenvalue weighted by atomic mass is 32.2. The third-order valence-electron chi connectivity index (χ3n) is 4.25. The number of nitrogens with one attached hydrogen (secondary N) is 2. The molecule has 0 bridgehead atoms. The molecule has 29 heavy (non-hydrogen) atoms. The molecule has 0 fully saturated rings. The Bertz CT molecular complexity index is 996. The Balaban J connectivity index is 1.64. The van der Waals surface area contributed by atoms with E-state index in [1.54, 1.807) is 30.5 Å².